The summed E-state index contributed by atoms with van der Waals surface area (Å²) in [4.78, 5) is 13.2. The molecule has 1 aliphatic rings. The fraction of sp³-hybridized carbons (Fsp3) is 0.214. The highest BCUT2D eigenvalue weighted by Gasteiger charge is 2.28. The van der Waals surface area contributed by atoms with Crippen molar-refractivity contribution in [1.29, 1.82) is 5.26 Å². The summed E-state index contributed by atoms with van der Waals surface area (Å²) in [6.07, 6.45) is 1.83. The molecule has 1 saturated heterocycles. The maximum atomic E-state index is 12.6. The van der Waals surface area contributed by atoms with Crippen LogP contribution in [0, 0.1) is 18.3 Å². The molecule has 36 heavy (non-hydrogen) atoms. The van der Waals surface area contributed by atoms with Gasteiger partial charge in [-0.3, -0.25) is 4.79 Å². The van der Waals surface area contributed by atoms with Crippen molar-refractivity contribution >= 4 is 29.4 Å². The standard InChI is InChI=1S/C28H27N3O4S/c1-4-34-25-14-19(10-12-24(25)35-17-21-8-6-5-7-20(21)16-29)15-26-27(32)31-28(36-26)30-22-13-18(2)9-11-23(22)33-3/h5-15,28,30H,4,17H2,1-3H3,(H,31,32)/b26-15-. The van der Waals surface area contributed by atoms with E-state index in [4.69, 9.17) is 14.2 Å². The van der Waals surface area contributed by atoms with Gasteiger partial charge in [0.1, 0.15) is 12.4 Å². The lowest BCUT2D eigenvalue weighted by Crippen LogP contribution is -2.31. The summed E-state index contributed by atoms with van der Waals surface area (Å²) >= 11 is 1.40. The van der Waals surface area contributed by atoms with Crippen molar-refractivity contribution in [3.8, 4) is 23.3 Å². The molecule has 3 aromatic carbocycles. The van der Waals surface area contributed by atoms with E-state index >= 15 is 0 Å². The topological polar surface area (TPSA) is 92.6 Å². The van der Waals surface area contributed by atoms with E-state index in [1.165, 1.54) is 11.8 Å². The predicted molar refractivity (Wildman–Crippen MR) is 142 cm³/mol. The molecule has 2 N–H and O–H groups in total. The van der Waals surface area contributed by atoms with Gasteiger partial charge >= 0.3 is 0 Å². The van der Waals surface area contributed by atoms with Crippen LogP contribution in [-0.2, 0) is 11.4 Å². The fourth-order valence-corrected chi connectivity index (χ4v) is 4.68. The summed E-state index contributed by atoms with van der Waals surface area (Å²) in [6.45, 7) is 4.61. The van der Waals surface area contributed by atoms with Gasteiger partial charge < -0.3 is 24.8 Å². The van der Waals surface area contributed by atoms with Gasteiger partial charge in [-0.2, -0.15) is 5.26 Å². The first-order valence-corrected chi connectivity index (χ1v) is 12.4. The van der Waals surface area contributed by atoms with Crippen molar-refractivity contribution in [2.45, 2.75) is 26.0 Å². The number of anilines is 1. The Bertz CT molecular complexity index is 1330. The Morgan fingerprint density at radius 2 is 1.89 bits per heavy atom. The SMILES string of the molecule is CCOc1cc(/C=C2\SC(Nc3cc(C)ccc3OC)NC2=O)ccc1OCc1ccccc1C#N. The minimum atomic E-state index is -0.325. The van der Waals surface area contributed by atoms with Crippen molar-refractivity contribution in [2.75, 3.05) is 19.0 Å². The van der Waals surface area contributed by atoms with Gasteiger partial charge in [0.2, 0.25) is 0 Å². The van der Waals surface area contributed by atoms with Gasteiger partial charge in [-0.1, -0.05) is 42.1 Å². The molecule has 0 radical (unpaired) electrons. The molecule has 184 valence electrons. The average Bonchev–Trinajstić information content (AvgIpc) is 3.22. The normalized spacial score (nSPS) is 15.8. The Morgan fingerprint density at radius 1 is 1.08 bits per heavy atom. The first-order chi connectivity index (χ1) is 17.5. The van der Waals surface area contributed by atoms with Gasteiger partial charge in [0.15, 0.2) is 17.0 Å². The largest absolute Gasteiger partial charge is 0.495 e. The molecule has 0 aromatic heterocycles. The second kappa shape index (κ2) is 11.6. The third-order valence-electron chi connectivity index (χ3n) is 5.46. The molecular weight excluding hydrogens is 474 g/mol. The second-order valence-electron chi connectivity index (χ2n) is 8.02. The van der Waals surface area contributed by atoms with E-state index in [1.807, 2.05) is 74.5 Å². The van der Waals surface area contributed by atoms with Crippen LogP contribution in [0.3, 0.4) is 0 Å². The van der Waals surface area contributed by atoms with Gasteiger partial charge in [-0.25, -0.2) is 0 Å². The number of thioether (sulfide) groups is 1. The number of carbonyl (C=O) groups is 1. The number of hydrogen-bond donors (Lipinski definition) is 2. The summed E-state index contributed by atoms with van der Waals surface area (Å²) in [5, 5.41) is 15.6. The Morgan fingerprint density at radius 3 is 2.67 bits per heavy atom. The number of nitrogens with one attached hydrogen (secondary N) is 2. The number of carbonyl (C=O) groups excluding carboxylic acids is 1. The second-order valence-corrected chi connectivity index (χ2v) is 9.17. The third-order valence-corrected chi connectivity index (χ3v) is 6.49. The molecule has 4 rings (SSSR count). The Labute approximate surface area is 215 Å². The van der Waals surface area contributed by atoms with E-state index in [1.54, 1.807) is 13.2 Å². The van der Waals surface area contributed by atoms with Crippen molar-refractivity contribution in [2.24, 2.45) is 0 Å². The average molecular weight is 502 g/mol. The molecule has 0 aliphatic carbocycles. The number of aryl methyl sites for hydroxylation is 1. The lowest BCUT2D eigenvalue weighted by atomic mass is 10.1. The number of hydrogen-bond acceptors (Lipinski definition) is 7. The van der Waals surface area contributed by atoms with E-state index < -0.39 is 0 Å². The number of nitriles is 1. The van der Waals surface area contributed by atoms with Crippen LogP contribution in [0.2, 0.25) is 0 Å². The zero-order valence-corrected chi connectivity index (χ0v) is 21.1. The minimum absolute atomic E-state index is 0.157. The van der Waals surface area contributed by atoms with Gasteiger partial charge in [0.05, 0.1) is 35.9 Å². The van der Waals surface area contributed by atoms with Crippen molar-refractivity contribution in [1.82, 2.24) is 5.32 Å². The summed E-state index contributed by atoms with van der Waals surface area (Å²) in [6, 6.07) is 20.9. The summed E-state index contributed by atoms with van der Waals surface area (Å²) in [5.41, 5.74) is 3.77. The summed E-state index contributed by atoms with van der Waals surface area (Å²) < 4.78 is 17.2. The molecule has 3 aromatic rings. The number of nitrogens with zero attached hydrogens (tertiary/aromatic N) is 1. The van der Waals surface area contributed by atoms with Gasteiger partial charge in [0.25, 0.3) is 5.91 Å². The molecule has 8 heteroatoms. The van der Waals surface area contributed by atoms with Crippen LogP contribution in [0.4, 0.5) is 5.69 Å². The van der Waals surface area contributed by atoms with Gasteiger partial charge in [-0.15, -0.1) is 0 Å². The zero-order valence-electron chi connectivity index (χ0n) is 20.3. The number of methoxy groups -OCH3 is 1. The molecule has 0 spiro atoms. The Balaban J connectivity index is 1.49. The number of benzene rings is 3. The lowest BCUT2D eigenvalue weighted by Gasteiger charge is -2.16. The highest BCUT2D eigenvalue weighted by molar-refractivity contribution is 8.05. The highest BCUT2D eigenvalue weighted by atomic mass is 32.2. The molecule has 1 heterocycles. The van der Waals surface area contributed by atoms with Crippen molar-refractivity contribution in [3.63, 3.8) is 0 Å². The van der Waals surface area contributed by atoms with Crippen LogP contribution in [0.15, 0.2) is 65.6 Å². The third kappa shape index (κ3) is 5.93. The first kappa shape index (κ1) is 25.0. The molecule has 1 unspecified atom stereocenters. The molecule has 1 amide bonds. The van der Waals surface area contributed by atoms with E-state index in [0.29, 0.717) is 34.3 Å². The van der Waals surface area contributed by atoms with Crippen molar-refractivity contribution in [3.05, 3.63) is 87.8 Å². The van der Waals surface area contributed by atoms with Crippen LogP contribution in [0.25, 0.3) is 6.08 Å². The van der Waals surface area contributed by atoms with Crippen LogP contribution in [-0.4, -0.2) is 25.1 Å². The molecule has 1 fully saturated rings. The predicted octanol–water partition coefficient (Wildman–Crippen LogP) is 5.45. The van der Waals surface area contributed by atoms with Crippen molar-refractivity contribution < 1.29 is 19.0 Å². The van der Waals surface area contributed by atoms with Crippen LogP contribution < -0.4 is 24.8 Å². The maximum absolute atomic E-state index is 12.6. The first-order valence-electron chi connectivity index (χ1n) is 11.5. The fourth-order valence-electron chi connectivity index (χ4n) is 3.71. The lowest BCUT2D eigenvalue weighted by molar-refractivity contribution is -0.116. The van der Waals surface area contributed by atoms with E-state index in [0.717, 1.165) is 22.4 Å². The van der Waals surface area contributed by atoms with Gasteiger partial charge in [0, 0.05) is 5.56 Å². The van der Waals surface area contributed by atoms with Crippen LogP contribution >= 0.6 is 11.8 Å². The molecule has 0 bridgehead atoms. The molecular formula is C28H27N3O4S. The maximum Gasteiger partial charge on any atom is 0.260 e. The molecule has 1 atom stereocenters. The van der Waals surface area contributed by atoms with Gasteiger partial charge in [-0.05, 0) is 61.4 Å². The van der Waals surface area contributed by atoms with Crippen LogP contribution in [0.5, 0.6) is 17.2 Å². The van der Waals surface area contributed by atoms with E-state index in [-0.39, 0.29) is 18.0 Å². The molecule has 7 nitrogen and oxygen atoms in total. The smallest absolute Gasteiger partial charge is 0.260 e. The Kier molecular flexibility index (Phi) is 8.03. The summed E-state index contributed by atoms with van der Waals surface area (Å²) in [7, 11) is 1.62. The van der Waals surface area contributed by atoms with E-state index in [2.05, 4.69) is 16.7 Å². The van der Waals surface area contributed by atoms with Crippen LogP contribution in [0.1, 0.15) is 29.2 Å². The van der Waals surface area contributed by atoms with E-state index in [9.17, 15) is 10.1 Å². The number of amides is 1. The number of ether oxygens (including phenoxy) is 3. The summed E-state index contributed by atoms with van der Waals surface area (Å²) in [5.74, 6) is 1.70. The highest BCUT2D eigenvalue weighted by Crippen LogP contribution is 2.35. The minimum Gasteiger partial charge on any atom is -0.495 e. The Hall–Kier alpha value is -4.09. The zero-order chi connectivity index (χ0) is 25.5. The monoisotopic (exact) mass is 501 g/mol. The molecule has 1 aliphatic heterocycles. The quantitative estimate of drug-likeness (QED) is 0.377. The molecule has 0 saturated carbocycles. The number of rotatable bonds is 9.